The maximum absolute atomic E-state index is 6.49. The Bertz CT molecular complexity index is 1070. The van der Waals surface area contributed by atoms with Crippen molar-refractivity contribution in [1.29, 1.82) is 0 Å². The molecule has 1 atom stereocenters. The molecular weight excluding hydrogens is 443 g/mol. The van der Waals surface area contributed by atoms with Crippen LogP contribution in [0.3, 0.4) is 0 Å². The first-order valence-electron chi connectivity index (χ1n) is 11.6. The quantitative estimate of drug-likeness (QED) is 0.517. The molecule has 5 nitrogen and oxygen atoms in total. The molecule has 0 bridgehead atoms. The Morgan fingerprint density at radius 3 is 2.50 bits per heavy atom. The fourth-order valence-corrected chi connectivity index (χ4v) is 5.58. The molecule has 2 aromatic carbocycles. The minimum Gasteiger partial charge on any atom is -0.381 e. The van der Waals surface area contributed by atoms with Crippen LogP contribution in [0, 0.1) is 0 Å². The van der Waals surface area contributed by atoms with Crippen LogP contribution in [0.15, 0.2) is 42.7 Å². The molecule has 7 heteroatoms. The summed E-state index contributed by atoms with van der Waals surface area (Å²) in [6.45, 7) is 6.07. The van der Waals surface area contributed by atoms with Gasteiger partial charge in [-0.3, -0.25) is 0 Å². The maximum Gasteiger partial charge on any atom is 0.0964 e. The number of hydrogen-bond donors (Lipinski definition) is 1. The lowest BCUT2D eigenvalue weighted by atomic mass is 10.0. The van der Waals surface area contributed by atoms with Gasteiger partial charge in [-0.25, -0.2) is 4.98 Å². The average molecular weight is 473 g/mol. The van der Waals surface area contributed by atoms with Gasteiger partial charge in [-0.05, 0) is 68.5 Å². The van der Waals surface area contributed by atoms with E-state index < -0.39 is 0 Å². The van der Waals surface area contributed by atoms with Gasteiger partial charge in [0.05, 0.1) is 23.4 Å². The van der Waals surface area contributed by atoms with Gasteiger partial charge in [0.15, 0.2) is 0 Å². The predicted molar refractivity (Wildman–Crippen MR) is 132 cm³/mol. The van der Waals surface area contributed by atoms with Gasteiger partial charge in [-0.1, -0.05) is 29.3 Å². The van der Waals surface area contributed by atoms with E-state index in [2.05, 4.69) is 44.9 Å². The highest BCUT2D eigenvalue weighted by Crippen LogP contribution is 2.32. The van der Waals surface area contributed by atoms with E-state index in [4.69, 9.17) is 27.9 Å². The van der Waals surface area contributed by atoms with Crippen LogP contribution in [0.2, 0.25) is 10.0 Å². The topological polar surface area (TPSA) is 42.3 Å². The van der Waals surface area contributed by atoms with E-state index in [0.29, 0.717) is 22.1 Å². The average Bonchev–Trinajstić information content (AvgIpc) is 3.23. The Morgan fingerprint density at radius 1 is 1.00 bits per heavy atom. The Labute approximate surface area is 199 Å². The lowest BCUT2D eigenvalue weighted by Gasteiger charge is -2.36. The van der Waals surface area contributed by atoms with Crippen molar-refractivity contribution in [2.24, 2.45) is 0 Å². The fourth-order valence-electron chi connectivity index (χ4n) is 5.01. The zero-order chi connectivity index (χ0) is 22.1. The summed E-state index contributed by atoms with van der Waals surface area (Å²) < 4.78 is 7.69. The smallest absolute Gasteiger partial charge is 0.0964 e. The number of piperidine rings is 1. The molecule has 1 unspecified atom stereocenters. The van der Waals surface area contributed by atoms with Crippen LogP contribution in [0.1, 0.15) is 44.2 Å². The van der Waals surface area contributed by atoms with Gasteiger partial charge in [0, 0.05) is 54.1 Å². The molecule has 1 N–H and O–H groups in total. The van der Waals surface area contributed by atoms with Crippen molar-refractivity contribution in [3.63, 3.8) is 0 Å². The van der Waals surface area contributed by atoms with E-state index in [-0.39, 0.29) is 6.04 Å². The van der Waals surface area contributed by atoms with E-state index in [9.17, 15) is 0 Å². The first-order chi connectivity index (χ1) is 15.6. The summed E-state index contributed by atoms with van der Waals surface area (Å²) in [6, 6.07) is 13.6. The summed E-state index contributed by atoms with van der Waals surface area (Å²) in [4.78, 5) is 7.13. The zero-order valence-electron chi connectivity index (χ0n) is 18.4. The number of hydrogen-bond acceptors (Lipinski definition) is 4. The third kappa shape index (κ3) is 4.62. The van der Waals surface area contributed by atoms with Crippen LogP contribution in [0.25, 0.3) is 11.0 Å². The molecule has 0 spiro atoms. The standard InChI is InChI=1S/C25H30Cl2N4O/c1-17(22-4-2-18(26)14-23(22)27)31-16-28-24-5-3-21(15-25(24)31)30-10-6-19(7-11-30)29-20-8-12-32-13-9-20/h2-5,14-17,19-20,29H,6-13H2,1H3. The van der Waals surface area contributed by atoms with Crippen molar-refractivity contribution in [3.8, 4) is 0 Å². The highest BCUT2D eigenvalue weighted by Gasteiger charge is 2.24. The minimum atomic E-state index is 0.0643. The highest BCUT2D eigenvalue weighted by atomic mass is 35.5. The molecule has 0 radical (unpaired) electrons. The highest BCUT2D eigenvalue weighted by molar-refractivity contribution is 6.35. The lowest BCUT2D eigenvalue weighted by Crippen LogP contribution is -2.47. The number of fused-ring (bicyclic) bond motifs is 1. The van der Waals surface area contributed by atoms with Gasteiger partial charge in [-0.2, -0.15) is 0 Å². The number of anilines is 1. The van der Waals surface area contributed by atoms with Crippen LogP contribution in [-0.4, -0.2) is 47.9 Å². The molecule has 5 rings (SSSR count). The van der Waals surface area contributed by atoms with Crippen molar-refractivity contribution in [1.82, 2.24) is 14.9 Å². The molecule has 0 saturated carbocycles. The van der Waals surface area contributed by atoms with Crippen molar-refractivity contribution in [2.75, 3.05) is 31.2 Å². The second-order valence-electron chi connectivity index (χ2n) is 8.98. The molecule has 32 heavy (non-hydrogen) atoms. The number of ether oxygens (including phenoxy) is 1. The number of benzene rings is 2. The lowest BCUT2D eigenvalue weighted by molar-refractivity contribution is 0.0738. The number of halogens is 2. The van der Waals surface area contributed by atoms with Crippen LogP contribution in [0.4, 0.5) is 5.69 Å². The van der Waals surface area contributed by atoms with Crippen LogP contribution in [0.5, 0.6) is 0 Å². The van der Waals surface area contributed by atoms with Crippen molar-refractivity contribution in [3.05, 3.63) is 58.3 Å². The van der Waals surface area contributed by atoms with Gasteiger partial charge in [0.25, 0.3) is 0 Å². The third-order valence-corrected chi connectivity index (χ3v) is 7.50. The van der Waals surface area contributed by atoms with E-state index in [0.717, 1.165) is 55.7 Å². The summed E-state index contributed by atoms with van der Waals surface area (Å²) in [7, 11) is 0. The molecule has 0 amide bonds. The Kier molecular flexibility index (Phi) is 6.61. The zero-order valence-corrected chi connectivity index (χ0v) is 19.9. The molecule has 0 aliphatic carbocycles. The molecule has 1 aromatic heterocycles. The molecule has 170 valence electrons. The summed E-state index contributed by atoms with van der Waals surface area (Å²) in [5.41, 5.74) is 4.43. The molecule has 3 heterocycles. The first kappa shape index (κ1) is 22.0. The normalized spacial score (nSPS) is 19.5. The second kappa shape index (κ2) is 9.60. The van der Waals surface area contributed by atoms with E-state index in [1.54, 1.807) is 6.07 Å². The first-order valence-corrected chi connectivity index (χ1v) is 12.3. The molecule has 2 aliphatic heterocycles. The Morgan fingerprint density at radius 2 is 1.75 bits per heavy atom. The summed E-state index contributed by atoms with van der Waals surface area (Å²) in [5.74, 6) is 0. The molecular formula is C25H30Cl2N4O. The number of nitrogens with zero attached hydrogens (tertiary/aromatic N) is 3. The molecule has 2 aliphatic rings. The third-order valence-electron chi connectivity index (χ3n) is 6.94. The van der Waals surface area contributed by atoms with Crippen molar-refractivity contribution < 1.29 is 4.74 Å². The molecule has 2 saturated heterocycles. The maximum atomic E-state index is 6.49. The van der Waals surface area contributed by atoms with Gasteiger partial charge >= 0.3 is 0 Å². The largest absolute Gasteiger partial charge is 0.381 e. The van der Waals surface area contributed by atoms with Crippen LogP contribution < -0.4 is 10.2 Å². The van der Waals surface area contributed by atoms with Gasteiger partial charge in [0.2, 0.25) is 0 Å². The monoisotopic (exact) mass is 472 g/mol. The van der Waals surface area contributed by atoms with Crippen molar-refractivity contribution in [2.45, 2.75) is 50.7 Å². The second-order valence-corrected chi connectivity index (χ2v) is 9.82. The number of rotatable bonds is 5. The van der Waals surface area contributed by atoms with Gasteiger partial charge in [-0.15, -0.1) is 0 Å². The minimum absolute atomic E-state index is 0.0643. The summed E-state index contributed by atoms with van der Waals surface area (Å²) in [5, 5.41) is 5.20. The molecule has 2 fully saturated rings. The van der Waals surface area contributed by atoms with Crippen LogP contribution >= 0.6 is 23.2 Å². The summed E-state index contributed by atoms with van der Waals surface area (Å²) in [6.07, 6.45) is 6.53. The van der Waals surface area contributed by atoms with Gasteiger partial charge < -0.3 is 19.5 Å². The summed E-state index contributed by atoms with van der Waals surface area (Å²) >= 11 is 12.6. The van der Waals surface area contributed by atoms with Crippen molar-refractivity contribution >= 4 is 39.9 Å². The SMILES string of the molecule is CC(c1ccc(Cl)cc1Cl)n1cnc2ccc(N3CCC(NC4CCOCC4)CC3)cc21. The predicted octanol–water partition coefficient (Wildman–Crippen LogP) is 5.69. The van der Waals surface area contributed by atoms with E-state index in [1.807, 2.05) is 18.5 Å². The van der Waals surface area contributed by atoms with E-state index >= 15 is 0 Å². The Balaban J connectivity index is 1.31. The fraction of sp³-hybridized carbons (Fsp3) is 0.480. The van der Waals surface area contributed by atoms with Crippen LogP contribution in [-0.2, 0) is 4.74 Å². The number of imidazole rings is 1. The Hall–Kier alpha value is -1.79. The number of nitrogens with one attached hydrogen (secondary N) is 1. The number of aromatic nitrogens is 2. The molecule has 3 aromatic rings. The van der Waals surface area contributed by atoms with Gasteiger partial charge in [0.1, 0.15) is 0 Å². The van der Waals surface area contributed by atoms with E-state index in [1.165, 1.54) is 18.5 Å².